The van der Waals surface area contributed by atoms with Crippen LogP contribution in [0.5, 0.6) is 11.5 Å². The second-order valence-electron chi connectivity index (χ2n) is 7.57. The van der Waals surface area contributed by atoms with E-state index in [-0.39, 0.29) is 18.1 Å². The molecule has 1 aliphatic rings. The number of hydrogen-bond donors (Lipinski definition) is 1. The molecule has 1 unspecified atom stereocenters. The number of nitrogens with zero attached hydrogens (tertiary/aromatic N) is 1. The summed E-state index contributed by atoms with van der Waals surface area (Å²) in [6.07, 6.45) is 4.93. The Balaban J connectivity index is 1.70. The van der Waals surface area contributed by atoms with E-state index in [4.69, 9.17) is 9.47 Å². The lowest BCUT2D eigenvalue weighted by molar-refractivity contribution is 0.0940. The second kappa shape index (κ2) is 9.00. The van der Waals surface area contributed by atoms with E-state index in [1.165, 1.54) is 12.8 Å². The number of anilines is 1. The standard InChI is InChI=1S/C23H30N2O3/c1-16(24-23(26)18-8-7-9-19(14-18)25(2)3)17-12-13-21(22(15-17)27-4)28-20-10-5-6-11-20/h7-9,12-16,20H,5-6,10-11H2,1-4H3,(H,24,26). The van der Waals surface area contributed by atoms with Gasteiger partial charge in [-0.05, 0) is 68.5 Å². The maximum absolute atomic E-state index is 12.7. The van der Waals surface area contributed by atoms with Crippen molar-refractivity contribution in [2.75, 3.05) is 26.1 Å². The van der Waals surface area contributed by atoms with Crippen molar-refractivity contribution >= 4 is 11.6 Å². The van der Waals surface area contributed by atoms with Gasteiger partial charge in [0.1, 0.15) is 0 Å². The normalized spacial score (nSPS) is 15.1. The average Bonchev–Trinajstić information content (AvgIpc) is 3.21. The number of nitrogens with one attached hydrogen (secondary N) is 1. The van der Waals surface area contributed by atoms with Crippen molar-refractivity contribution < 1.29 is 14.3 Å². The van der Waals surface area contributed by atoms with Gasteiger partial charge in [-0.15, -0.1) is 0 Å². The van der Waals surface area contributed by atoms with E-state index in [9.17, 15) is 4.79 Å². The maximum atomic E-state index is 12.7. The van der Waals surface area contributed by atoms with Crippen LogP contribution < -0.4 is 19.7 Å². The van der Waals surface area contributed by atoms with Gasteiger partial charge in [0.2, 0.25) is 0 Å². The molecule has 0 saturated heterocycles. The Morgan fingerprint density at radius 2 is 1.86 bits per heavy atom. The fraction of sp³-hybridized carbons (Fsp3) is 0.435. The summed E-state index contributed by atoms with van der Waals surface area (Å²) < 4.78 is 11.6. The first kappa shape index (κ1) is 20.1. The highest BCUT2D eigenvalue weighted by Gasteiger charge is 2.19. The molecule has 1 aliphatic carbocycles. The molecular weight excluding hydrogens is 352 g/mol. The van der Waals surface area contributed by atoms with Gasteiger partial charge in [-0.1, -0.05) is 12.1 Å². The smallest absolute Gasteiger partial charge is 0.251 e. The molecule has 0 radical (unpaired) electrons. The number of hydrogen-bond acceptors (Lipinski definition) is 4. The zero-order valence-electron chi connectivity index (χ0n) is 17.2. The Morgan fingerprint density at radius 1 is 1.11 bits per heavy atom. The first-order valence-corrected chi connectivity index (χ1v) is 9.90. The van der Waals surface area contributed by atoms with Gasteiger partial charge in [-0.25, -0.2) is 0 Å². The molecule has 2 aromatic carbocycles. The zero-order chi connectivity index (χ0) is 20.1. The van der Waals surface area contributed by atoms with Crippen LogP contribution in [-0.4, -0.2) is 33.2 Å². The molecule has 0 aromatic heterocycles. The minimum atomic E-state index is -0.148. The van der Waals surface area contributed by atoms with E-state index in [1.807, 2.05) is 68.4 Å². The lowest BCUT2D eigenvalue weighted by atomic mass is 10.1. The minimum Gasteiger partial charge on any atom is -0.493 e. The first-order valence-electron chi connectivity index (χ1n) is 9.90. The second-order valence-corrected chi connectivity index (χ2v) is 7.57. The average molecular weight is 383 g/mol. The molecule has 5 heteroatoms. The molecule has 150 valence electrons. The summed E-state index contributed by atoms with van der Waals surface area (Å²) in [6, 6.07) is 13.3. The van der Waals surface area contributed by atoms with Gasteiger partial charge in [0.25, 0.3) is 5.91 Å². The van der Waals surface area contributed by atoms with E-state index in [0.29, 0.717) is 11.3 Å². The van der Waals surface area contributed by atoms with Crippen LogP contribution in [0.15, 0.2) is 42.5 Å². The Bertz CT molecular complexity index is 813. The molecule has 0 aliphatic heterocycles. The SMILES string of the molecule is COc1cc(C(C)NC(=O)c2cccc(N(C)C)c2)ccc1OC1CCCC1. The predicted molar refractivity (Wildman–Crippen MR) is 113 cm³/mol. The van der Waals surface area contributed by atoms with Crippen LogP contribution in [-0.2, 0) is 0 Å². The number of ether oxygens (including phenoxy) is 2. The Hall–Kier alpha value is -2.69. The van der Waals surface area contributed by atoms with Gasteiger partial charge in [0.15, 0.2) is 11.5 Å². The molecule has 1 atom stereocenters. The summed E-state index contributed by atoms with van der Waals surface area (Å²) in [7, 11) is 5.57. The topological polar surface area (TPSA) is 50.8 Å². The number of benzene rings is 2. The summed E-state index contributed by atoms with van der Waals surface area (Å²) in [5, 5.41) is 3.07. The lowest BCUT2D eigenvalue weighted by Gasteiger charge is -2.19. The van der Waals surface area contributed by atoms with Crippen molar-refractivity contribution in [3.63, 3.8) is 0 Å². The largest absolute Gasteiger partial charge is 0.493 e. The van der Waals surface area contributed by atoms with Gasteiger partial charge in [0.05, 0.1) is 19.3 Å². The van der Waals surface area contributed by atoms with Crippen molar-refractivity contribution in [2.24, 2.45) is 0 Å². The summed E-state index contributed by atoms with van der Waals surface area (Å²) >= 11 is 0. The van der Waals surface area contributed by atoms with Crippen LogP contribution in [0.1, 0.15) is 54.6 Å². The lowest BCUT2D eigenvalue weighted by Crippen LogP contribution is -2.27. The monoisotopic (exact) mass is 382 g/mol. The fourth-order valence-corrected chi connectivity index (χ4v) is 3.53. The van der Waals surface area contributed by atoms with Crippen LogP contribution >= 0.6 is 0 Å². The van der Waals surface area contributed by atoms with Crippen LogP contribution in [0.4, 0.5) is 5.69 Å². The highest BCUT2D eigenvalue weighted by Crippen LogP contribution is 2.33. The third kappa shape index (κ3) is 4.77. The maximum Gasteiger partial charge on any atom is 0.251 e. The van der Waals surface area contributed by atoms with Gasteiger partial charge in [-0.2, -0.15) is 0 Å². The molecule has 28 heavy (non-hydrogen) atoms. The van der Waals surface area contributed by atoms with Crippen LogP contribution in [0.2, 0.25) is 0 Å². The molecule has 2 aromatic rings. The van der Waals surface area contributed by atoms with E-state index >= 15 is 0 Å². The molecule has 1 fully saturated rings. The molecule has 0 heterocycles. The molecular formula is C23H30N2O3. The van der Waals surface area contributed by atoms with Crippen molar-refractivity contribution in [2.45, 2.75) is 44.8 Å². The Morgan fingerprint density at radius 3 is 2.54 bits per heavy atom. The van der Waals surface area contributed by atoms with E-state index < -0.39 is 0 Å². The Kier molecular flexibility index (Phi) is 6.45. The summed E-state index contributed by atoms with van der Waals surface area (Å²) in [4.78, 5) is 14.6. The van der Waals surface area contributed by atoms with Crippen LogP contribution in [0.25, 0.3) is 0 Å². The van der Waals surface area contributed by atoms with Crippen LogP contribution in [0, 0.1) is 0 Å². The third-order valence-corrected chi connectivity index (χ3v) is 5.26. The Labute approximate surface area is 167 Å². The molecule has 5 nitrogen and oxygen atoms in total. The molecule has 0 spiro atoms. The number of carbonyl (C=O) groups is 1. The highest BCUT2D eigenvalue weighted by molar-refractivity contribution is 5.95. The van der Waals surface area contributed by atoms with Gasteiger partial charge in [0, 0.05) is 25.3 Å². The summed E-state index contributed by atoms with van der Waals surface area (Å²) in [5.41, 5.74) is 2.62. The molecule has 1 saturated carbocycles. The fourth-order valence-electron chi connectivity index (χ4n) is 3.53. The zero-order valence-corrected chi connectivity index (χ0v) is 17.2. The summed E-state index contributed by atoms with van der Waals surface area (Å²) in [6.45, 7) is 1.97. The number of amides is 1. The van der Waals surface area contributed by atoms with Gasteiger partial charge < -0.3 is 19.7 Å². The van der Waals surface area contributed by atoms with E-state index in [1.54, 1.807) is 7.11 Å². The van der Waals surface area contributed by atoms with E-state index in [2.05, 4.69) is 5.32 Å². The molecule has 1 N–H and O–H groups in total. The van der Waals surface area contributed by atoms with Gasteiger partial charge in [-0.3, -0.25) is 4.79 Å². The quantitative estimate of drug-likeness (QED) is 0.762. The van der Waals surface area contributed by atoms with Crippen molar-refractivity contribution in [3.05, 3.63) is 53.6 Å². The molecule has 3 rings (SSSR count). The summed E-state index contributed by atoms with van der Waals surface area (Å²) in [5.74, 6) is 1.39. The highest BCUT2D eigenvalue weighted by atomic mass is 16.5. The van der Waals surface area contributed by atoms with Crippen molar-refractivity contribution in [1.29, 1.82) is 0 Å². The molecule has 1 amide bonds. The van der Waals surface area contributed by atoms with Gasteiger partial charge >= 0.3 is 0 Å². The van der Waals surface area contributed by atoms with Crippen molar-refractivity contribution in [3.8, 4) is 11.5 Å². The predicted octanol–water partition coefficient (Wildman–Crippen LogP) is 4.57. The number of rotatable bonds is 7. The van der Waals surface area contributed by atoms with Crippen molar-refractivity contribution in [1.82, 2.24) is 5.32 Å². The van der Waals surface area contributed by atoms with E-state index in [0.717, 1.165) is 29.8 Å². The first-order chi connectivity index (χ1) is 13.5. The minimum absolute atomic E-state index is 0.0959. The molecule has 0 bridgehead atoms. The van der Waals surface area contributed by atoms with Crippen LogP contribution in [0.3, 0.4) is 0 Å². The third-order valence-electron chi connectivity index (χ3n) is 5.26. The number of carbonyl (C=O) groups excluding carboxylic acids is 1. The number of methoxy groups -OCH3 is 1.